The highest BCUT2D eigenvalue weighted by Crippen LogP contribution is 2.26. The van der Waals surface area contributed by atoms with Gasteiger partial charge < -0.3 is 4.74 Å². The lowest BCUT2D eigenvalue weighted by Crippen LogP contribution is -1.93. The molecule has 0 aliphatic heterocycles. The number of rotatable bonds is 3. The lowest BCUT2D eigenvalue weighted by molar-refractivity contribution is 0.370. The van der Waals surface area contributed by atoms with Crippen LogP contribution < -0.4 is 4.74 Å². The maximum absolute atomic E-state index is 5.51. The predicted molar refractivity (Wildman–Crippen MR) is 52.5 cm³/mol. The van der Waals surface area contributed by atoms with Crippen LogP contribution in [0, 0.1) is 0 Å². The van der Waals surface area contributed by atoms with E-state index in [1.54, 1.807) is 0 Å². The molecule has 0 spiro atoms. The summed E-state index contributed by atoms with van der Waals surface area (Å²) in [6.07, 6.45) is 0. The van der Waals surface area contributed by atoms with Crippen molar-refractivity contribution in [1.82, 2.24) is 0 Å². The first-order valence-corrected chi connectivity index (χ1v) is 4.93. The average molecular weight is 254 g/mol. The fourth-order valence-corrected chi connectivity index (χ4v) is 1.83. The van der Waals surface area contributed by atoms with Crippen LogP contribution >= 0.6 is 38.9 Å². The Balaban J connectivity index is 2.45. The minimum Gasteiger partial charge on any atom is -0.478 e. The molecule has 0 radical (unpaired) electrons. The van der Waals surface area contributed by atoms with Gasteiger partial charge in [0, 0.05) is 21.0 Å². The molecule has 1 aromatic rings. The summed E-state index contributed by atoms with van der Waals surface area (Å²) >= 11 is 10.3. The summed E-state index contributed by atoms with van der Waals surface area (Å²) in [6, 6.07) is 1.89. The van der Waals surface area contributed by atoms with Crippen LogP contribution in [-0.2, 0) is 0 Å². The maximum Gasteiger partial charge on any atom is 0.175 e. The van der Waals surface area contributed by atoms with Gasteiger partial charge in [0.05, 0.1) is 0 Å². The van der Waals surface area contributed by atoms with E-state index in [0.29, 0.717) is 11.6 Å². The Morgan fingerprint density at radius 1 is 1.82 bits per heavy atom. The van der Waals surface area contributed by atoms with E-state index in [-0.39, 0.29) is 0 Å². The third kappa shape index (κ3) is 3.27. The average Bonchev–Trinajstić information content (AvgIpc) is 2.31. The molecular formula is C7H6BrClOS. The van der Waals surface area contributed by atoms with Gasteiger partial charge in [-0.15, -0.1) is 11.3 Å². The summed E-state index contributed by atoms with van der Waals surface area (Å²) in [6.45, 7) is 3.88. The number of hydrogen-bond donors (Lipinski definition) is 0. The van der Waals surface area contributed by atoms with Gasteiger partial charge >= 0.3 is 0 Å². The minimum absolute atomic E-state index is 0.370. The molecule has 0 atom stereocenters. The van der Waals surface area contributed by atoms with Gasteiger partial charge in [0.1, 0.15) is 6.61 Å². The Labute approximate surface area is 82.8 Å². The molecular weight excluding hydrogens is 247 g/mol. The summed E-state index contributed by atoms with van der Waals surface area (Å²) in [5.41, 5.74) is 0. The Morgan fingerprint density at radius 2 is 2.55 bits per heavy atom. The summed E-state index contributed by atoms with van der Waals surface area (Å²) in [5, 5.41) is 3.31. The largest absolute Gasteiger partial charge is 0.478 e. The molecule has 60 valence electrons. The molecule has 1 nitrogen and oxygen atoms in total. The van der Waals surface area contributed by atoms with Crippen molar-refractivity contribution in [2.45, 2.75) is 0 Å². The van der Waals surface area contributed by atoms with E-state index in [1.807, 2.05) is 11.4 Å². The van der Waals surface area contributed by atoms with Crippen molar-refractivity contribution in [3.05, 3.63) is 27.5 Å². The van der Waals surface area contributed by atoms with E-state index in [9.17, 15) is 0 Å². The van der Waals surface area contributed by atoms with Gasteiger partial charge in [0.25, 0.3) is 0 Å². The molecule has 0 bridgehead atoms. The van der Waals surface area contributed by atoms with Crippen molar-refractivity contribution in [1.29, 1.82) is 0 Å². The zero-order chi connectivity index (χ0) is 8.27. The van der Waals surface area contributed by atoms with Crippen LogP contribution in [0.15, 0.2) is 27.5 Å². The molecule has 0 amide bonds. The standard InChI is InChI=1S/C7H6BrClOS/c1-5(9)3-10-7-2-6(8)4-11-7/h2,4H,1,3H2. The monoisotopic (exact) mass is 252 g/mol. The number of hydrogen-bond acceptors (Lipinski definition) is 2. The second-order valence-corrected chi connectivity index (χ2v) is 4.21. The first-order chi connectivity index (χ1) is 5.18. The number of ether oxygens (including phenoxy) is 1. The van der Waals surface area contributed by atoms with Crippen LogP contribution in [0.3, 0.4) is 0 Å². The first kappa shape index (κ1) is 9.10. The van der Waals surface area contributed by atoms with Crippen molar-refractivity contribution in [2.24, 2.45) is 0 Å². The van der Waals surface area contributed by atoms with Crippen molar-refractivity contribution in [3.63, 3.8) is 0 Å². The van der Waals surface area contributed by atoms with Gasteiger partial charge in [-0.1, -0.05) is 18.2 Å². The smallest absolute Gasteiger partial charge is 0.175 e. The molecule has 11 heavy (non-hydrogen) atoms. The van der Waals surface area contributed by atoms with Crippen molar-refractivity contribution < 1.29 is 4.74 Å². The Bertz CT molecular complexity index is 259. The molecule has 0 unspecified atom stereocenters. The lowest BCUT2D eigenvalue weighted by atomic mass is 10.6. The fourth-order valence-electron chi connectivity index (χ4n) is 0.520. The SMILES string of the molecule is C=C(Cl)COc1cc(Br)cs1. The Kier molecular flexibility index (Phi) is 3.43. The molecule has 1 rings (SSSR count). The van der Waals surface area contributed by atoms with Gasteiger partial charge in [-0.05, 0) is 15.9 Å². The maximum atomic E-state index is 5.51. The molecule has 0 saturated heterocycles. The van der Waals surface area contributed by atoms with Gasteiger partial charge in [0.2, 0.25) is 0 Å². The summed E-state index contributed by atoms with van der Waals surface area (Å²) in [7, 11) is 0. The van der Waals surface area contributed by atoms with Crippen LogP contribution in [0.4, 0.5) is 0 Å². The van der Waals surface area contributed by atoms with Gasteiger partial charge in [-0.3, -0.25) is 0 Å². The summed E-state index contributed by atoms with van der Waals surface area (Å²) in [4.78, 5) is 0. The molecule has 0 N–H and O–H groups in total. The second-order valence-electron chi connectivity index (χ2n) is 1.89. The van der Waals surface area contributed by atoms with Crippen LogP contribution in [0.2, 0.25) is 0 Å². The molecule has 0 aliphatic rings. The number of thiophene rings is 1. The van der Waals surface area contributed by atoms with Gasteiger partial charge in [0.15, 0.2) is 5.06 Å². The first-order valence-electron chi connectivity index (χ1n) is 2.88. The highest BCUT2D eigenvalue weighted by molar-refractivity contribution is 9.10. The topological polar surface area (TPSA) is 9.23 Å². The fraction of sp³-hybridized carbons (Fsp3) is 0.143. The zero-order valence-corrected chi connectivity index (χ0v) is 8.80. The van der Waals surface area contributed by atoms with E-state index < -0.39 is 0 Å². The van der Waals surface area contributed by atoms with Crippen LogP contribution in [0.1, 0.15) is 0 Å². The molecule has 0 fully saturated rings. The van der Waals surface area contributed by atoms with Crippen LogP contribution in [0.25, 0.3) is 0 Å². The zero-order valence-electron chi connectivity index (χ0n) is 5.64. The van der Waals surface area contributed by atoms with Gasteiger partial charge in [-0.2, -0.15) is 0 Å². The molecule has 1 aromatic heterocycles. The highest BCUT2D eigenvalue weighted by Gasteiger charge is 1.97. The van der Waals surface area contributed by atoms with E-state index >= 15 is 0 Å². The molecule has 0 saturated carbocycles. The Hall–Kier alpha value is 0.01000. The molecule has 0 aliphatic carbocycles. The van der Waals surface area contributed by atoms with E-state index in [4.69, 9.17) is 16.3 Å². The van der Waals surface area contributed by atoms with Crippen LogP contribution in [-0.4, -0.2) is 6.61 Å². The third-order valence-corrected chi connectivity index (χ3v) is 2.62. The summed E-state index contributed by atoms with van der Waals surface area (Å²) in [5.74, 6) is 0. The molecule has 1 heterocycles. The normalized spacial score (nSPS) is 9.64. The third-order valence-electron chi connectivity index (χ3n) is 0.914. The molecule has 4 heteroatoms. The Morgan fingerprint density at radius 3 is 3.00 bits per heavy atom. The van der Waals surface area contributed by atoms with Crippen molar-refractivity contribution in [2.75, 3.05) is 6.61 Å². The quantitative estimate of drug-likeness (QED) is 0.799. The van der Waals surface area contributed by atoms with Crippen molar-refractivity contribution >= 4 is 38.9 Å². The van der Waals surface area contributed by atoms with E-state index in [1.165, 1.54) is 11.3 Å². The predicted octanol–water partition coefficient (Wildman–Crippen LogP) is 3.64. The summed E-state index contributed by atoms with van der Waals surface area (Å²) < 4.78 is 6.27. The van der Waals surface area contributed by atoms with E-state index in [0.717, 1.165) is 9.54 Å². The number of halogens is 2. The second kappa shape index (κ2) is 4.14. The highest BCUT2D eigenvalue weighted by atomic mass is 79.9. The van der Waals surface area contributed by atoms with Crippen LogP contribution in [0.5, 0.6) is 5.06 Å². The molecule has 0 aromatic carbocycles. The lowest BCUT2D eigenvalue weighted by Gasteiger charge is -1.98. The van der Waals surface area contributed by atoms with E-state index in [2.05, 4.69) is 22.5 Å². The van der Waals surface area contributed by atoms with Crippen molar-refractivity contribution in [3.8, 4) is 5.06 Å². The minimum atomic E-state index is 0.370. The van der Waals surface area contributed by atoms with Gasteiger partial charge in [-0.25, -0.2) is 0 Å².